The summed E-state index contributed by atoms with van der Waals surface area (Å²) in [5, 5.41) is 4.73. The Hall–Kier alpha value is -1.76. The minimum atomic E-state index is -0.234. The molecule has 6 nitrogen and oxygen atoms in total. The molecule has 0 aliphatic rings. The van der Waals surface area contributed by atoms with Gasteiger partial charge in [-0.25, -0.2) is 5.43 Å². The Morgan fingerprint density at radius 3 is 2.62 bits per heavy atom. The van der Waals surface area contributed by atoms with Gasteiger partial charge in [0.25, 0.3) is 0 Å². The number of halogens is 1. The second-order valence-corrected chi connectivity index (χ2v) is 4.87. The van der Waals surface area contributed by atoms with Gasteiger partial charge < -0.3 is 9.47 Å². The zero-order chi connectivity index (χ0) is 15.4. The number of rotatable bonds is 6. The summed E-state index contributed by atoms with van der Waals surface area (Å²) >= 11 is 6.24. The van der Waals surface area contributed by atoms with E-state index in [1.165, 1.54) is 0 Å². The molecule has 1 aromatic carbocycles. The van der Waals surface area contributed by atoms with Crippen LogP contribution in [0.3, 0.4) is 0 Å². The van der Waals surface area contributed by atoms with E-state index in [9.17, 15) is 0 Å². The third-order valence-corrected chi connectivity index (χ3v) is 3.55. The topological polar surface area (TPSA) is 74.3 Å². The largest absolute Gasteiger partial charge is 0.493 e. The van der Waals surface area contributed by atoms with Crippen molar-refractivity contribution in [1.29, 1.82) is 0 Å². The summed E-state index contributed by atoms with van der Waals surface area (Å²) in [5.41, 5.74) is 4.60. The highest BCUT2D eigenvalue weighted by Gasteiger charge is 2.19. The first kappa shape index (κ1) is 15.6. The Bertz CT molecular complexity index is 615. The maximum Gasteiger partial charge on any atom is 0.179 e. The molecule has 1 atom stereocenters. The Morgan fingerprint density at radius 1 is 1.33 bits per heavy atom. The van der Waals surface area contributed by atoms with E-state index in [0.29, 0.717) is 16.5 Å². The van der Waals surface area contributed by atoms with Crippen LogP contribution < -0.4 is 20.7 Å². The lowest BCUT2D eigenvalue weighted by Gasteiger charge is -2.18. The second kappa shape index (κ2) is 6.80. The number of aryl methyl sites for hydroxylation is 1. The summed E-state index contributed by atoms with van der Waals surface area (Å²) in [6.07, 6.45) is 3.72. The van der Waals surface area contributed by atoms with Gasteiger partial charge in [-0.1, -0.05) is 11.6 Å². The number of benzene rings is 1. The van der Waals surface area contributed by atoms with Gasteiger partial charge in [-0.05, 0) is 24.6 Å². The molecule has 0 spiro atoms. The highest BCUT2D eigenvalue weighted by Crippen LogP contribution is 2.38. The lowest BCUT2D eigenvalue weighted by molar-refractivity contribution is 0.354. The van der Waals surface area contributed by atoms with E-state index in [1.54, 1.807) is 26.5 Å². The molecule has 2 rings (SSSR count). The van der Waals surface area contributed by atoms with Crippen LogP contribution in [0.15, 0.2) is 24.5 Å². The molecule has 0 radical (unpaired) electrons. The van der Waals surface area contributed by atoms with Crippen molar-refractivity contribution in [3.05, 3.63) is 40.7 Å². The van der Waals surface area contributed by atoms with E-state index in [1.807, 2.05) is 23.9 Å². The monoisotopic (exact) mass is 310 g/mol. The van der Waals surface area contributed by atoms with Crippen LogP contribution in [0.2, 0.25) is 5.02 Å². The van der Waals surface area contributed by atoms with Gasteiger partial charge in [0.2, 0.25) is 0 Å². The van der Waals surface area contributed by atoms with Gasteiger partial charge in [-0.2, -0.15) is 5.10 Å². The molecule has 114 valence electrons. The molecule has 0 saturated carbocycles. The molecule has 0 fully saturated rings. The fourth-order valence-corrected chi connectivity index (χ4v) is 2.49. The number of nitrogens with two attached hydrogens (primary N) is 1. The smallest absolute Gasteiger partial charge is 0.179 e. The Kier molecular flexibility index (Phi) is 5.06. The van der Waals surface area contributed by atoms with Crippen molar-refractivity contribution in [1.82, 2.24) is 15.2 Å². The SMILES string of the molecule is CCn1cc(C(NN)c2cc(Cl)c(OC)c(OC)c2)cn1. The normalized spacial score (nSPS) is 12.2. The first-order valence-electron chi connectivity index (χ1n) is 6.54. The van der Waals surface area contributed by atoms with Crippen molar-refractivity contribution in [2.24, 2.45) is 5.84 Å². The van der Waals surface area contributed by atoms with Crippen molar-refractivity contribution in [3.8, 4) is 11.5 Å². The van der Waals surface area contributed by atoms with Crippen molar-refractivity contribution in [2.75, 3.05) is 14.2 Å². The number of nitrogens with one attached hydrogen (secondary N) is 1. The number of hydrogen-bond donors (Lipinski definition) is 2. The van der Waals surface area contributed by atoms with Gasteiger partial charge in [-0.15, -0.1) is 0 Å². The standard InChI is InChI=1S/C14H19ClN4O2/c1-4-19-8-10(7-17-19)13(18-16)9-5-11(15)14(21-3)12(6-9)20-2/h5-8,13,18H,4,16H2,1-3H3. The minimum Gasteiger partial charge on any atom is -0.493 e. The zero-order valence-electron chi connectivity index (χ0n) is 12.3. The molecule has 0 aliphatic carbocycles. The Morgan fingerprint density at radius 2 is 2.10 bits per heavy atom. The van der Waals surface area contributed by atoms with E-state index >= 15 is 0 Å². The van der Waals surface area contributed by atoms with Crippen LogP contribution in [0, 0.1) is 0 Å². The molecule has 1 unspecified atom stereocenters. The second-order valence-electron chi connectivity index (χ2n) is 4.47. The summed E-state index contributed by atoms with van der Waals surface area (Å²) in [6.45, 7) is 2.82. The molecule has 21 heavy (non-hydrogen) atoms. The summed E-state index contributed by atoms with van der Waals surface area (Å²) in [7, 11) is 3.12. The van der Waals surface area contributed by atoms with Crippen LogP contribution in [-0.4, -0.2) is 24.0 Å². The summed E-state index contributed by atoms with van der Waals surface area (Å²) in [6, 6.07) is 3.41. The Balaban J connectivity index is 2.44. The maximum atomic E-state index is 6.24. The first-order chi connectivity index (χ1) is 10.1. The highest BCUT2D eigenvalue weighted by atomic mass is 35.5. The molecular weight excluding hydrogens is 292 g/mol. The average Bonchev–Trinajstić information content (AvgIpc) is 2.96. The molecule has 3 N–H and O–H groups in total. The Labute approximate surface area is 128 Å². The number of aromatic nitrogens is 2. The molecule has 0 bridgehead atoms. The molecule has 1 aromatic heterocycles. The quantitative estimate of drug-likeness (QED) is 0.631. The zero-order valence-corrected chi connectivity index (χ0v) is 13.0. The van der Waals surface area contributed by atoms with E-state index in [0.717, 1.165) is 17.7 Å². The van der Waals surface area contributed by atoms with Gasteiger partial charge in [-0.3, -0.25) is 10.5 Å². The van der Waals surface area contributed by atoms with Crippen LogP contribution >= 0.6 is 11.6 Å². The fourth-order valence-electron chi connectivity index (χ4n) is 2.19. The molecule has 0 amide bonds. The van der Waals surface area contributed by atoms with Crippen LogP contribution in [0.1, 0.15) is 24.1 Å². The van der Waals surface area contributed by atoms with Crippen LogP contribution in [0.4, 0.5) is 0 Å². The summed E-state index contributed by atoms with van der Waals surface area (Å²) in [5.74, 6) is 6.76. The molecule has 0 saturated heterocycles. The van der Waals surface area contributed by atoms with E-state index in [-0.39, 0.29) is 6.04 Å². The lowest BCUT2D eigenvalue weighted by atomic mass is 10.0. The molecular formula is C14H19ClN4O2. The molecule has 2 aromatic rings. The maximum absolute atomic E-state index is 6.24. The van der Waals surface area contributed by atoms with Gasteiger partial charge in [0, 0.05) is 18.3 Å². The van der Waals surface area contributed by atoms with Gasteiger partial charge in [0.1, 0.15) is 0 Å². The number of nitrogens with zero attached hydrogens (tertiary/aromatic N) is 2. The van der Waals surface area contributed by atoms with Crippen LogP contribution in [0.25, 0.3) is 0 Å². The van der Waals surface area contributed by atoms with Crippen molar-refractivity contribution < 1.29 is 9.47 Å². The predicted molar refractivity (Wildman–Crippen MR) is 81.6 cm³/mol. The van der Waals surface area contributed by atoms with E-state index < -0.39 is 0 Å². The van der Waals surface area contributed by atoms with Crippen molar-refractivity contribution in [3.63, 3.8) is 0 Å². The minimum absolute atomic E-state index is 0.234. The average molecular weight is 311 g/mol. The van der Waals surface area contributed by atoms with E-state index in [2.05, 4.69) is 10.5 Å². The molecule has 7 heteroatoms. The number of hydrazine groups is 1. The first-order valence-corrected chi connectivity index (χ1v) is 6.92. The lowest BCUT2D eigenvalue weighted by Crippen LogP contribution is -2.28. The number of hydrogen-bond acceptors (Lipinski definition) is 5. The van der Waals surface area contributed by atoms with Crippen molar-refractivity contribution in [2.45, 2.75) is 19.5 Å². The van der Waals surface area contributed by atoms with E-state index in [4.69, 9.17) is 26.9 Å². The third kappa shape index (κ3) is 3.12. The van der Waals surface area contributed by atoms with Crippen LogP contribution in [-0.2, 0) is 6.54 Å². The van der Waals surface area contributed by atoms with Crippen LogP contribution in [0.5, 0.6) is 11.5 Å². The third-order valence-electron chi connectivity index (χ3n) is 3.27. The summed E-state index contributed by atoms with van der Waals surface area (Å²) in [4.78, 5) is 0. The molecule has 1 heterocycles. The number of ether oxygens (including phenoxy) is 2. The van der Waals surface area contributed by atoms with Gasteiger partial charge >= 0.3 is 0 Å². The summed E-state index contributed by atoms with van der Waals surface area (Å²) < 4.78 is 12.4. The van der Waals surface area contributed by atoms with Gasteiger partial charge in [0.15, 0.2) is 11.5 Å². The van der Waals surface area contributed by atoms with Gasteiger partial charge in [0.05, 0.1) is 31.5 Å². The fraction of sp³-hybridized carbons (Fsp3) is 0.357. The predicted octanol–water partition coefficient (Wildman–Crippen LogP) is 2.13. The highest BCUT2D eigenvalue weighted by molar-refractivity contribution is 6.32. The molecule has 0 aliphatic heterocycles. The number of methoxy groups -OCH3 is 2. The van der Waals surface area contributed by atoms with Crippen molar-refractivity contribution >= 4 is 11.6 Å².